The number of hydrogen-bond donors (Lipinski definition) is 1. The van der Waals surface area contributed by atoms with E-state index in [9.17, 15) is 0 Å². The lowest BCUT2D eigenvalue weighted by molar-refractivity contribution is 0.455. The molecule has 2 atom stereocenters. The number of rotatable bonds is 3. The predicted molar refractivity (Wildman–Crippen MR) is 65.5 cm³/mol. The maximum atomic E-state index is 6.13. The van der Waals surface area contributed by atoms with E-state index in [1.807, 2.05) is 18.2 Å². The van der Waals surface area contributed by atoms with Crippen molar-refractivity contribution in [2.75, 3.05) is 0 Å². The molecule has 78 valence electrons. The topological polar surface area (TPSA) is 26.0 Å². The van der Waals surface area contributed by atoms with Crippen LogP contribution < -0.4 is 5.73 Å². The van der Waals surface area contributed by atoms with E-state index in [1.165, 1.54) is 0 Å². The van der Waals surface area contributed by atoms with Crippen LogP contribution in [0.4, 0.5) is 0 Å². The van der Waals surface area contributed by atoms with E-state index < -0.39 is 0 Å². The van der Waals surface area contributed by atoms with Gasteiger partial charge in [-0.1, -0.05) is 47.8 Å². The second kappa shape index (κ2) is 5.15. The van der Waals surface area contributed by atoms with Gasteiger partial charge in [-0.05, 0) is 29.7 Å². The Labute approximate surface area is 98.8 Å². The quantitative estimate of drug-likeness (QED) is 0.882. The van der Waals surface area contributed by atoms with Crippen molar-refractivity contribution in [2.45, 2.75) is 26.3 Å². The van der Waals surface area contributed by atoms with Gasteiger partial charge in [-0.2, -0.15) is 0 Å². The van der Waals surface area contributed by atoms with Gasteiger partial charge in [0, 0.05) is 15.5 Å². The fourth-order valence-electron chi connectivity index (χ4n) is 1.33. The molecule has 1 nitrogen and oxygen atoms in total. The maximum Gasteiger partial charge on any atom is 0.0410 e. The van der Waals surface area contributed by atoms with Crippen molar-refractivity contribution in [3.05, 3.63) is 33.3 Å². The highest BCUT2D eigenvalue weighted by molar-refractivity contribution is 9.10. The van der Waals surface area contributed by atoms with Crippen molar-refractivity contribution in [3.63, 3.8) is 0 Å². The summed E-state index contributed by atoms with van der Waals surface area (Å²) < 4.78 is 1.04. The van der Waals surface area contributed by atoms with Crippen LogP contribution in [0.1, 0.15) is 31.9 Å². The molecule has 1 aromatic carbocycles. The van der Waals surface area contributed by atoms with Crippen molar-refractivity contribution in [2.24, 2.45) is 11.7 Å². The average molecular weight is 277 g/mol. The summed E-state index contributed by atoms with van der Waals surface area (Å²) in [6.45, 7) is 4.29. The minimum Gasteiger partial charge on any atom is -0.324 e. The SMILES string of the molecule is CCC(C)C(N)c1cc(Cl)ccc1Br. The molecule has 0 amide bonds. The molecule has 2 unspecified atom stereocenters. The highest BCUT2D eigenvalue weighted by Crippen LogP contribution is 2.30. The normalized spacial score (nSPS) is 15.2. The monoisotopic (exact) mass is 275 g/mol. The van der Waals surface area contributed by atoms with Gasteiger partial charge in [0.05, 0.1) is 0 Å². The first-order valence-electron chi connectivity index (χ1n) is 4.76. The average Bonchev–Trinajstić information content (AvgIpc) is 2.19. The van der Waals surface area contributed by atoms with Gasteiger partial charge >= 0.3 is 0 Å². The third-order valence-electron chi connectivity index (χ3n) is 2.57. The summed E-state index contributed by atoms with van der Waals surface area (Å²) in [5, 5.41) is 0.738. The van der Waals surface area contributed by atoms with Crippen LogP contribution >= 0.6 is 27.5 Å². The minimum absolute atomic E-state index is 0.0491. The van der Waals surface area contributed by atoms with Crippen molar-refractivity contribution in [3.8, 4) is 0 Å². The Kier molecular flexibility index (Phi) is 4.42. The Bertz CT molecular complexity index is 314. The van der Waals surface area contributed by atoms with E-state index >= 15 is 0 Å². The highest BCUT2D eigenvalue weighted by Gasteiger charge is 2.15. The van der Waals surface area contributed by atoms with E-state index in [4.69, 9.17) is 17.3 Å². The first-order valence-corrected chi connectivity index (χ1v) is 5.94. The third kappa shape index (κ3) is 2.72. The smallest absolute Gasteiger partial charge is 0.0410 e. The van der Waals surface area contributed by atoms with Crippen LogP contribution in [0.25, 0.3) is 0 Å². The first kappa shape index (κ1) is 12.0. The van der Waals surface area contributed by atoms with Gasteiger partial charge in [0.2, 0.25) is 0 Å². The Morgan fingerprint density at radius 3 is 2.71 bits per heavy atom. The number of hydrogen-bond acceptors (Lipinski definition) is 1. The summed E-state index contributed by atoms with van der Waals surface area (Å²) >= 11 is 9.42. The van der Waals surface area contributed by atoms with Crippen LogP contribution in [0.5, 0.6) is 0 Å². The van der Waals surface area contributed by atoms with E-state index in [-0.39, 0.29) is 6.04 Å². The molecule has 2 N–H and O–H groups in total. The summed E-state index contributed by atoms with van der Waals surface area (Å²) in [5.74, 6) is 0.463. The van der Waals surface area contributed by atoms with Gasteiger partial charge < -0.3 is 5.73 Å². The van der Waals surface area contributed by atoms with Crippen molar-refractivity contribution in [1.82, 2.24) is 0 Å². The zero-order valence-electron chi connectivity index (χ0n) is 8.43. The van der Waals surface area contributed by atoms with Crippen molar-refractivity contribution < 1.29 is 0 Å². The number of nitrogens with two attached hydrogens (primary N) is 1. The van der Waals surface area contributed by atoms with Gasteiger partial charge in [0.1, 0.15) is 0 Å². The van der Waals surface area contributed by atoms with E-state index in [2.05, 4.69) is 29.8 Å². The molecular formula is C11H15BrClN. The lowest BCUT2D eigenvalue weighted by atomic mass is 9.93. The van der Waals surface area contributed by atoms with E-state index in [0.717, 1.165) is 21.5 Å². The molecule has 0 radical (unpaired) electrons. The molecule has 1 rings (SSSR count). The standard InChI is InChI=1S/C11H15BrClN/c1-3-7(2)11(14)9-6-8(13)4-5-10(9)12/h4-7,11H,3,14H2,1-2H3. The molecule has 14 heavy (non-hydrogen) atoms. The zero-order valence-corrected chi connectivity index (χ0v) is 10.8. The summed E-state index contributed by atoms with van der Waals surface area (Å²) in [4.78, 5) is 0. The molecule has 0 saturated carbocycles. The summed E-state index contributed by atoms with van der Waals surface area (Å²) in [7, 11) is 0. The fraction of sp³-hybridized carbons (Fsp3) is 0.455. The lowest BCUT2D eigenvalue weighted by Gasteiger charge is -2.20. The molecule has 1 aromatic rings. The third-order valence-corrected chi connectivity index (χ3v) is 3.53. The summed E-state index contributed by atoms with van der Waals surface area (Å²) in [6, 6.07) is 5.79. The van der Waals surface area contributed by atoms with Crippen LogP contribution in [0.15, 0.2) is 22.7 Å². The fourth-order valence-corrected chi connectivity index (χ4v) is 2.02. The molecule has 0 aliphatic rings. The molecule has 3 heteroatoms. The predicted octanol–water partition coefficient (Wildman–Crippen LogP) is 4.15. The van der Waals surface area contributed by atoms with Crippen molar-refractivity contribution in [1.29, 1.82) is 0 Å². The van der Waals surface area contributed by atoms with E-state index in [0.29, 0.717) is 5.92 Å². The second-order valence-corrected chi connectivity index (χ2v) is 4.87. The van der Waals surface area contributed by atoms with Crippen LogP contribution in [0.2, 0.25) is 5.02 Å². The Hall–Kier alpha value is -0.0500. The molecule has 0 spiro atoms. The molecular weight excluding hydrogens is 261 g/mol. The maximum absolute atomic E-state index is 6.13. The van der Waals surface area contributed by atoms with Gasteiger partial charge in [-0.15, -0.1) is 0 Å². The van der Waals surface area contributed by atoms with Crippen LogP contribution in [-0.4, -0.2) is 0 Å². The van der Waals surface area contributed by atoms with Crippen LogP contribution in [-0.2, 0) is 0 Å². The van der Waals surface area contributed by atoms with Gasteiger partial charge in [-0.25, -0.2) is 0 Å². The number of benzene rings is 1. The molecule has 0 heterocycles. The Morgan fingerprint density at radius 2 is 2.14 bits per heavy atom. The largest absolute Gasteiger partial charge is 0.324 e. The summed E-state index contributed by atoms with van der Waals surface area (Å²) in [6.07, 6.45) is 1.07. The first-order chi connectivity index (χ1) is 6.56. The Morgan fingerprint density at radius 1 is 1.50 bits per heavy atom. The molecule has 0 aromatic heterocycles. The van der Waals surface area contributed by atoms with Gasteiger partial charge in [0.25, 0.3) is 0 Å². The highest BCUT2D eigenvalue weighted by atomic mass is 79.9. The second-order valence-electron chi connectivity index (χ2n) is 3.58. The lowest BCUT2D eigenvalue weighted by Crippen LogP contribution is -2.18. The molecule has 0 aliphatic carbocycles. The Balaban J connectivity index is 2.99. The van der Waals surface area contributed by atoms with Crippen LogP contribution in [0.3, 0.4) is 0 Å². The van der Waals surface area contributed by atoms with Gasteiger partial charge in [-0.3, -0.25) is 0 Å². The van der Waals surface area contributed by atoms with Crippen LogP contribution in [0, 0.1) is 5.92 Å². The summed E-state index contributed by atoms with van der Waals surface area (Å²) in [5.41, 5.74) is 7.22. The molecule has 0 aliphatic heterocycles. The minimum atomic E-state index is 0.0491. The van der Waals surface area contributed by atoms with Crippen molar-refractivity contribution >= 4 is 27.5 Å². The molecule has 0 bridgehead atoms. The van der Waals surface area contributed by atoms with Gasteiger partial charge in [0.15, 0.2) is 0 Å². The molecule has 0 saturated heterocycles. The zero-order chi connectivity index (χ0) is 10.7. The molecule has 0 fully saturated rings. The number of halogens is 2. The van der Waals surface area contributed by atoms with E-state index in [1.54, 1.807) is 0 Å².